The molecule has 122 valence electrons. The summed E-state index contributed by atoms with van der Waals surface area (Å²) in [5.74, 6) is 0.0780. The minimum absolute atomic E-state index is 0. The molecule has 1 amide bonds. The minimum atomic E-state index is -0.425. The van der Waals surface area contributed by atoms with Gasteiger partial charge in [-0.15, -0.1) is 12.4 Å². The lowest BCUT2D eigenvalue weighted by Gasteiger charge is -2.11. The molecule has 3 N–H and O–H groups in total. The predicted octanol–water partition coefficient (Wildman–Crippen LogP) is 1.69. The number of hydrogen-bond acceptors (Lipinski definition) is 5. The lowest BCUT2D eigenvalue weighted by molar-refractivity contribution is -0.384. The molecule has 1 aromatic carbocycles. The summed E-state index contributed by atoms with van der Waals surface area (Å²) in [4.78, 5) is 21.8. The number of halogens is 1. The highest BCUT2D eigenvalue weighted by atomic mass is 35.5. The maximum atomic E-state index is 11.7. The zero-order valence-electron chi connectivity index (χ0n) is 12.2. The molecule has 1 atom stereocenters. The Bertz CT molecular complexity index is 489. The van der Waals surface area contributed by atoms with Crippen molar-refractivity contribution in [2.75, 3.05) is 25.0 Å². The number of carbonyl (C=O) groups is 1. The molecule has 0 spiro atoms. The Balaban J connectivity index is 0.00000242. The first-order valence-corrected chi connectivity index (χ1v) is 7.13. The van der Waals surface area contributed by atoms with Gasteiger partial charge in [0.2, 0.25) is 5.91 Å². The molecule has 1 saturated heterocycles. The van der Waals surface area contributed by atoms with Gasteiger partial charge in [-0.1, -0.05) is 0 Å². The maximum Gasteiger partial charge on any atom is 0.269 e. The Hall–Kier alpha value is -1.86. The van der Waals surface area contributed by atoms with Crippen molar-refractivity contribution in [3.63, 3.8) is 0 Å². The summed E-state index contributed by atoms with van der Waals surface area (Å²) in [5, 5.41) is 19.9. The van der Waals surface area contributed by atoms with E-state index in [9.17, 15) is 14.9 Å². The lowest BCUT2D eigenvalue weighted by atomic mass is 10.2. The van der Waals surface area contributed by atoms with Crippen LogP contribution >= 0.6 is 12.4 Å². The number of hydrogen-bond donors (Lipinski definition) is 3. The SMILES string of the molecule is Cl.O=C(CCCNc1ccc([N+](=O)[O-])cc1)NC1CCNC1. The number of amides is 1. The molecule has 1 unspecified atom stereocenters. The van der Waals surface area contributed by atoms with Gasteiger partial charge in [-0.25, -0.2) is 0 Å². The molecule has 0 bridgehead atoms. The van der Waals surface area contributed by atoms with Crippen LogP contribution in [0.25, 0.3) is 0 Å². The smallest absolute Gasteiger partial charge is 0.269 e. The molecule has 1 aliphatic rings. The van der Waals surface area contributed by atoms with Gasteiger partial charge in [0.25, 0.3) is 5.69 Å². The molecule has 1 aliphatic heterocycles. The van der Waals surface area contributed by atoms with Crippen LogP contribution in [0.4, 0.5) is 11.4 Å². The highest BCUT2D eigenvalue weighted by Crippen LogP contribution is 2.15. The molecule has 8 heteroatoms. The van der Waals surface area contributed by atoms with Crippen molar-refractivity contribution in [2.45, 2.75) is 25.3 Å². The van der Waals surface area contributed by atoms with Crippen LogP contribution in [0.2, 0.25) is 0 Å². The Kier molecular flexibility index (Phi) is 7.62. The van der Waals surface area contributed by atoms with Crippen LogP contribution in [0.1, 0.15) is 19.3 Å². The largest absolute Gasteiger partial charge is 0.385 e. The molecule has 1 aromatic rings. The zero-order valence-corrected chi connectivity index (χ0v) is 13.0. The van der Waals surface area contributed by atoms with Crippen LogP contribution in [0, 0.1) is 10.1 Å². The fraction of sp³-hybridized carbons (Fsp3) is 0.500. The van der Waals surface area contributed by atoms with E-state index in [1.165, 1.54) is 12.1 Å². The first-order valence-electron chi connectivity index (χ1n) is 7.13. The van der Waals surface area contributed by atoms with Crippen LogP contribution < -0.4 is 16.0 Å². The summed E-state index contributed by atoms with van der Waals surface area (Å²) in [6.45, 7) is 2.48. The maximum absolute atomic E-state index is 11.7. The normalized spacial score (nSPS) is 16.6. The highest BCUT2D eigenvalue weighted by molar-refractivity contribution is 5.85. The standard InChI is InChI=1S/C14H20N4O3.ClH/c19-14(17-12-7-9-15-10-12)2-1-8-16-11-3-5-13(6-4-11)18(20)21;/h3-6,12,15-16H,1-2,7-10H2,(H,17,19);1H. The topological polar surface area (TPSA) is 96.3 Å². The monoisotopic (exact) mass is 328 g/mol. The molecule has 2 rings (SSSR count). The molecular formula is C14H21ClN4O3. The van der Waals surface area contributed by atoms with Gasteiger partial charge in [0.1, 0.15) is 0 Å². The average molecular weight is 329 g/mol. The van der Waals surface area contributed by atoms with E-state index >= 15 is 0 Å². The fourth-order valence-electron chi connectivity index (χ4n) is 2.26. The van der Waals surface area contributed by atoms with Crippen LogP contribution in [0.3, 0.4) is 0 Å². The van der Waals surface area contributed by atoms with Crippen molar-refractivity contribution < 1.29 is 9.72 Å². The fourth-order valence-corrected chi connectivity index (χ4v) is 2.26. The predicted molar refractivity (Wildman–Crippen MR) is 87.5 cm³/mol. The lowest BCUT2D eigenvalue weighted by Crippen LogP contribution is -2.36. The number of anilines is 1. The van der Waals surface area contributed by atoms with Crippen LogP contribution in [0.15, 0.2) is 24.3 Å². The van der Waals surface area contributed by atoms with Crippen LogP contribution in [0.5, 0.6) is 0 Å². The minimum Gasteiger partial charge on any atom is -0.385 e. The third-order valence-electron chi connectivity index (χ3n) is 3.41. The van der Waals surface area contributed by atoms with Crippen LogP contribution in [-0.4, -0.2) is 36.5 Å². The Morgan fingerprint density at radius 1 is 1.36 bits per heavy atom. The molecule has 7 nitrogen and oxygen atoms in total. The van der Waals surface area contributed by atoms with Crippen molar-refractivity contribution in [1.82, 2.24) is 10.6 Å². The summed E-state index contributed by atoms with van der Waals surface area (Å²) in [6.07, 6.45) is 2.20. The second kappa shape index (κ2) is 9.22. The zero-order chi connectivity index (χ0) is 15.1. The summed E-state index contributed by atoms with van der Waals surface area (Å²) < 4.78 is 0. The van der Waals surface area contributed by atoms with Gasteiger partial charge in [0.15, 0.2) is 0 Å². The molecule has 0 radical (unpaired) electrons. The van der Waals surface area contributed by atoms with E-state index in [2.05, 4.69) is 16.0 Å². The Labute approximate surface area is 135 Å². The third kappa shape index (κ3) is 5.87. The third-order valence-corrected chi connectivity index (χ3v) is 3.41. The van der Waals surface area contributed by atoms with Gasteiger partial charge in [-0.2, -0.15) is 0 Å². The van der Waals surface area contributed by atoms with Gasteiger partial charge in [0.05, 0.1) is 4.92 Å². The van der Waals surface area contributed by atoms with Gasteiger partial charge >= 0.3 is 0 Å². The van der Waals surface area contributed by atoms with E-state index in [-0.39, 0.29) is 30.0 Å². The summed E-state index contributed by atoms with van der Waals surface area (Å²) >= 11 is 0. The van der Waals surface area contributed by atoms with Crippen molar-refractivity contribution in [3.05, 3.63) is 34.4 Å². The number of carbonyl (C=O) groups excluding carboxylic acids is 1. The molecule has 0 saturated carbocycles. The summed E-state index contributed by atoms with van der Waals surface area (Å²) in [7, 11) is 0. The molecule has 1 fully saturated rings. The van der Waals surface area contributed by atoms with Crippen molar-refractivity contribution in [1.29, 1.82) is 0 Å². The van der Waals surface area contributed by atoms with E-state index in [1.807, 2.05) is 0 Å². The number of nitro benzene ring substituents is 1. The molecule has 0 aliphatic carbocycles. The van der Waals surface area contributed by atoms with E-state index in [4.69, 9.17) is 0 Å². The Morgan fingerprint density at radius 3 is 2.68 bits per heavy atom. The van der Waals surface area contributed by atoms with E-state index in [1.54, 1.807) is 12.1 Å². The first kappa shape index (κ1) is 18.2. The second-order valence-electron chi connectivity index (χ2n) is 5.09. The van der Waals surface area contributed by atoms with Gasteiger partial charge < -0.3 is 16.0 Å². The highest BCUT2D eigenvalue weighted by Gasteiger charge is 2.15. The number of rotatable bonds is 7. The number of nitro groups is 1. The summed E-state index contributed by atoms with van der Waals surface area (Å²) in [5.41, 5.74) is 0.895. The number of non-ortho nitro benzene ring substituents is 1. The first-order chi connectivity index (χ1) is 10.1. The molecule has 1 heterocycles. The Morgan fingerprint density at radius 2 is 2.09 bits per heavy atom. The molecule has 22 heavy (non-hydrogen) atoms. The van der Waals surface area contributed by atoms with Gasteiger partial charge in [-0.3, -0.25) is 14.9 Å². The quantitative estimate of drug-likeness (QED) is 0.402. The number of benzene rings is 1. The molecular weight excluding hydrogens is 308 g/mol. The van der Waals surface area contributed by atoms with Gasteiger partial charge in [-0.05, 0) is 31.5 Å². The molecule has 0 aromatic heterocycles. The van der Waals surface area contributed by atoms with Crippen molar-refractivity contribution in [3.8, 4) is 0 Å². The van der Waals surface area contributed by atoms with Crippen molar-refractivity contribution in [2.24, 2.45) is 0 Å². The van der Waals surface area contributed by atoms with E-state index in [0.29, 0.717) is 13.0 Å². The number of nitrogens with zero attached hydrogens (tertiary/aromatic N) is 1. The van der Waals surface area contributed by atoms with E-state index in [0.717, 1.165) is 31.6 Å². The van der Waals surface area contributed by atoms with Crippen molar-refractivity contribution >= 4 is 29.7 Å². The summed E-state index contributed by atoms with van der Waals surface area (Å²) in [6, 6.07) is 6.52. The van der Waals surface area contributed by atoms with E-state index < -0.39 is 4.92 Å². The van der Waals surface area contributed by atoms with Crippen LogP contribution in [-0.2, 0) is 4.79 Å². The van der Waals surface area contributed by atoms with Gasteiger partial charge in [0, 0.05) is 43.4 Å². The average Bonchev–Trinajstić information content (AvgIpc) is 2.97. The second-order valence-corrected chi connectivity index (χ2v) is 5.09. The number of nitrogens with one attached hydrogen (secondary N) is 3.